The maximum Gasteiger partial charge on any atom is 0.472 e. The van der Waals surface area contributed by atoms with Gasteiger partial charge in [0.15, 0.2) is 0 Å². The molecule has 0 fully saturated rings. The zero-order valence-electron chi connectivity index (χ0n) is 31.0. The van der Waals surface area contributed by atoms with Crippen LogP contribution < -0.4 is 11.1 Å². The molecule has 0 radical (unpaired) electrons. The molecule has 0 aromatic carbocycles. The van der Waals surface area contributed by atoms with Gasteiger partial charge in [-0.25, -0.2) is 4.57 Å². The van der Waals surface area contributed by atoms with Gasteiger partial charge in [-0.2, -0.15) is 0 Å². The van der Waals surface area contributed by atoms with Gasteiger partial charge in [-0.3, -0.25) is 13.8 Å². The molecule has 0 aromatic rings. The maximum atomic E-state index is 12.7. The number of aliphatic hydroxyl groups is 1. The van der Waals surface area contributed by atoms with Gasteiger partial charge in [0.25, 0.3) is 0 Å². The van der Waals surface area contributed by atoms with E-state index in [1.807, 2.05) is 0 Å². The molecule has 9 heteroatoms. The second-order valence-corrected chi connectivity index (χ2v) is 15.3. The van der Waals surface area contributed by atoms with Crippen molar-refractivity contribution in [2.75, 3.05) is 19.8 Å². The molecular weight excluding hydrogens is 611 g/mol. The molecule has 0 saturated heterocycles. The van der Waals surface area contributed by atoms with E-state index >= 15 is 0 Å². The van der Waals surface area contributed by atoms with E-state index < -0.39 is 20.0 Å². The standard InChI is InChI=1S/C38H79N2O6P/c1-3-5-7-9-11-13-15-17-18-19-20-22-24-26-28-30-32-38(42)40-36(35-46-47(43,44)45-34-33-39)37(41)31-29-27-25-23-21-16-14-12-10-8-6-4-2/h36-37,41H,3-35,39H2,1-2H3,(H,40,42)(H,43,44)/t36-,37+/m0/s1. The molecule has 5 N–H and O–H groups in total. The van der Waals surface area contributed by atoms with Crippen molar-refractivity contribution in [2.45, 2.75) is 219 Å². The van der Waals surface area contributed by atoms with Gasteiger partial charge in [0.2, 0.25) is 5.91 Å². The molecule has 0 aliphatic rings. The summed E-state index contributed by atoms with van der Waals surface area (Å²) in [6, 6.07) is -0.766. The number of unbranched alkanes of at least 4 members (excludes halogenated alkanes) is 26. The highest BCUT2D eigenvalue weighted by atomic mass is 31.2. The largest absolute Gasteiger partial charge is 0.472 e. The smallest absolute Gasteiger partial charge is 0.391 e. The van der Waals surface area contributed by atoms with Gasteiger partial charge in [0.05, 0.1) is 25.4 Å². The highest BCUT2D eigenvalue weighted by Crippen LogP contribution is 2.43. The highest BCUT2D eigenvalue weighted by Gasteiger charge is 2.27. The highest BCUT2D eigenvalue weighted by molar-refractivity contribution is 7.47. The lowest BCUT2D eigenvalue weighted by Crippen LogP contribution is -2.46. The van der Waals surface area contributed by atoms with E-state index in [1.54, 1.807) is 0 Å². The predicted molar refractivity (Wildman–Crippen MR) is 199 cm³/mol. The van der Waals surface area contributed by atoms with Crippen LogP contribution in [0.1, 0.15) is 206 Å². The van der Waals surface area contributed by atoms with Crippen LogP contribution in [-0.2, 0) is 18.4 Å². The number of nitrogens with one attached hydrogen (secondary N) is 1. The molecule has 1 amide bonds. The average molecular weight is 691 g/mol. The van der Waals surface area contributed by atoms with Crippen LogP contribution in [0, 0.1) is 0 Å². The molecule has 47 heavy (non-hydrogen) atoms. The number of rotatable bonds is 38. The van der Waals surface area contributed by atoms with Crippen molar-refractivity contribution >= 4 is 13.7 Å². The summed E-state index contributed by atoms with van der Waals surface area (Å²) in [5, 5.41) is 13.7. The van der Waals surface area contributed by atoms with Gasteiger partial charge in [-0.1, -0.05) is 187 Å². The lowest BCUT2D eigenvalue weighted by Gasteiger charge is -2.25. The lowest BCUT2D eigenvalue weighted by molar-refractivity contribution is -0.123. The van der Waals surface area contributed by atoms with Crippen molar-refractivity contribution in [1.29, 1.82) is 0 Å². The maximum absolute atomic E-state index is 12.7. The SMILES string of the molecule is CCCCCCCCCCCCCCCCCCC(=O)N[C@@H](COP(=O)(O)OCCN)[C@H](O)CCCCCCCCCCCCCC. The molecule has 3 atom stereocenters. The first-order chi connectivity index (χ1) is 22.9. The number of hydrogen-bond donors (Lipinski definition) is 4. The van der Waals surface area contributed by atoms with E-state index in [0.717, 1.165) is 38.5 Å². The summed E-state index contributed by atoms with van der Waals surface area (Å²) < 4.78 is 22.1. The fraction of sp³-hybridized carbons (Fsp3) is 0.974. The Hall–Kier alpha value is -0.500. The van der Waals surface area contributed by atoms with Crippen molar-refractivity contribution in [2.24, 2.45) is 5.73 Å². The van der Waals surface area contributed by atoms with Crippen LogP contribution in [-0.4, -0.2) is 47.8 Å². The van der Waals surface area contributed by atoms with E-state index in [-0.39, 0.29) is 25.7 Å². The molecule has 8 nitrogen and oxygen atoms in total. The number of amides is 1. The lowest BCUT2D eigenvalue weighted by atomic mass is 10.0. The van der Waals surface area contributed by atoms with Gasteiger partial charge >= 0.3 is 7.82 Å². The number of phosphoric ester groups is 1. The summed E-state index contributed by atoms with van der Waals surface area (Å²) in [6.07, 6.45) is 35.3. The van der Waals surface area contributed by atoms with Crippen molar-refractivity contribution in [3.63, 3.8) is 0 Å². The Morgan fingerprint density at radius 3 is 1.36 bits per heavy atom. The van der Waals surface area contributed by atoms with Gasteiger partial charge < -0.3 is 21.1 Å². The topological polar surface area (TPSA) is 131 Å². The fourth-order valence-corrected chi connectivity index (χ4v) is 6.90. The number of nitrogens with two attached hydrogens (primary N) is 1. The zero-order valence-corrected chi connectivity index (χ0v) is 31.9. The number of carbonyl (C=O) groups is 1. The van der Waals surface area contributed by atoms with Gasteiger partial charge in [-0.05, 0) is 12.8 Å². The number of aliphatic hydroxyl groups excluding tert-OH is 1. The molecule has 0 aliphatic heterocycles. The van der Waals surface area contributed by atoms with E-state index in [1.165, 1.54) is 141 Å². The fourth-order valence-electron chi connectivity index (χ4n) is 6.14. The van der Waals surface area contributed by atoms with E-state index in [9.17, 15) is 19.4 Å². The first kappa shape index (κ1) is 46.5. The minimum absolute atomic E-state index is 0.0922. The third-order valence-electron chi connectivity index (χ3n) is 9.21. The Balaban J connectivity index is 4.16. The summed E-state index contributed by atoms with van der Waals surface area (Å²) in [5.41, 5.74) is 5.36. The molecule has 0 aliphatic carbocycles. The summed E-state index contributed by atoms with van der Waals surface area (Å²) in [6.45, 7) is 4.21. The van der Waals surface area contributed by atoms with Crippen LogP contribution in [0.5, 0.6) is 0 Å². The zero-order chi connectivity index (χ0) is 34.7. The van der Waals surface area contributed by atoms with Crippen LogP contribution in [0.25, 0.3) is 0 Å². The summed E-state index contributed by atoms with van der Waals surface area (Å²) in [4.78, 5) is 22.6. The third kappa shape index (κ3) is 33.8. The van der Waals surface area contributed by atoms with E-state index in [2.05, 4.69) is 19.2 Å². The van der Waals surface area contributed by atoms with Crippen molar-refractivity contribution in [1.82, 2.24) is 5.32 Å². The molecule has 0 aromatic heterocycles. The van der Waals surface area contributed by atoms with Crippen LogP contribution >= 0.6 is 7.82 Å². The Labute approximate surface area is 291 Å². The molecular formula is C38H79N2O6P. The van der Waals surface area contributed by atoms with Crippen LogP contribution in [0.4, 0.5) is 0 Å². The summed E-state index contributed by atoms with van der Waals surface area (Å²) in [5.74, 6) is -0.159. The monoisotopic (exact) mass is 691 g/mol. The third-order valence-corrected chi connectivity index (χ3v) is 10.2. The Kier molecular flexibility index (Phi) is 35.0. The van der Waals surface area contributed by atoms with Crippen molar-refractivity contribution in [3.8, 4) is 0 Å². The van der Waals surface area contributed by atoms with Crippen LogP contribution in [0.2, 0.25) is 0 Å². The molecule has 0 saturated carbocycles. The van der Waals surface area contributed by atoms with Gasteiger partial charge in [-0.15, -0.1) is 0 Å². The van der Waals surface area contributed by atoms with Crippen molar-refractivity contribution in [3.05, 3.63) is 0 Å². The number of carbonyl (C=O) groups excluding carboxylic acids is 1. The first-order valence-corrected chi connectivity index (χ1v) is 21.6. The summed E-state index contributed by atoms with van der Waals surface area (Å²) in [7, 11) is -4.30. The van der Waals surface area contributed by atoms with Gasteiger partial charge in [0.1, 0.15) is 0 Å². The second-order valence-electron chi connectivity index (χ2n) is 13.9. The van der Waals surface area contributed by atoms with E-state index in [0.29, 0.717) is 12.8 Å². The second kappa shape index (κ2) is 35.3. The minimum Gasteiger partial charge on any atom is -0.391 e. The summed E-state index contributed by atoms with van der Waals surface area (Å²) >= 11 is 0. The Bertz CT molecular complexity index is 714. The first-order valence-electron chi connectivity index (χ1n) is 20.2. The average Bonchev–Trinajstić information content (AvgIpc) is 3.05. The molecule has 0 heterocycles. The van der Waals surface area contributed by atoms with Gasteiger partial charge in [0, 0.05) is 13.0 Å². The molecule has 282 valence electrons. The minimum atomic E-state index is -4.30. The Morgan fingerprint density at radius 2 is 0.979 bits per heavy atom. The van der Waals surface area contributed by atoms with E-state index in [4.69, 9.17) is 14.8 Å². The van der Waals surface area contributed by atoms with Crippen LogP contribution in [0.15, 0.2) is 0 Å². The molecule has 0 rings (SSSR count). The number of hydrogen-bond acceptors (Lipinski definition) is 6. The molecule has 0 spiro atoms. The van der Waals surface area contributed by atoms with Crippen LogP contribution in [0.3, 0.4) is 0 Å². The molecule has 0 bridgehead atoms. The molecule has 1 unspecified atom stereocenters. The quantitative estimate of drug-likeness (QED) is 0.0374. The normalized spacial score (nSPS) is 14.2. The van der Waals surface area contributed by atoms with Crippen molar-refractivity contribution < 1.29 is 28.4 Å². The number of phosphoric acid groups is 1. The predicted octanol–water partition coefficient (Wildman–Crippen LogP) is 10.7. The Morgan fingerprint density at radius 1 is 0.617 bits per heavy atom.